The van der Waals surface area contributed by atoms with Crippen molar-refractivity contribution in [3.05, 3.63) is 29.8 Å². The molecular weight excluding hydrogens is 356 g/mol. The van der Waals surface area contributed by atoms with E-state index in [9.17, 15) is 26.8 Å². The molecule has 0 radical (unpaired) electrons. The van der Waals surface area contributed by atoms with Crippen molar-refractivity contribution < 1.29 is 26.8 Å². The third-order valence-corrected chi connectivity index (χ3v) is 5.13. The maximum Gasteiger partial charge on any atom is 0.232 e. The first-order chi connectivity index (χ1) is 11.7. The zero-order chi connectivity index (χ0) is 18.6. The lowest BCUT2D eigenvalue weighted by Crippen LogP contribution is -2.48. The van der Waals surface area contributed by atoms with Crippen LogP contribution in [0.3, 0.4) is 0 Å². The van der Waals surface area contributed by atoms with Gasteiger partial charge in [0.25, 0.3) is 0 Å². The molecule has 1 fully saturated rings. The Labute approximate surface area is 144 Å². The van der Waals surface area contributed by atoms with Gasteiger partial charge in [0, 0.05) is 45.2 Å². The van der Waals surface area contributed by atoms with Gasteiger partial charge in [0.15, 0.2) is 11.6 Å². The molecule has 1 saturated heterocycles. The minimum atomic E-state index is -3.77. The van der Waals surface area contributed by atoms with Gasteiger partial charge in [-0.1, -0.05) is 0 Å². The van der Waals surface area contributed by atoms with E-state index in [4.69, 9.17) is 0 Å². The van der Waals surface area contributed by atoms with Gasteiger partial charge in [-0.2, -0.15) is 0 Å². The molecule has 25 heavy (non-hydrogen) atoms. The van der Waals surface area contributed by atoms with Gasteiger partial charge in [0.2, 0.25) is 22.3 Å². The van der Waals surface area contributed by atoms with Crippen LogP contribution in [0.15, 0.2) is 18.2 Å². The number of anilines is 1. The molecule has 0 aromatic heterocycles. The Morgan fingerprint density at radius 3 is 2.36 bits per heavy atom. The highest BCUT2D eigenvalue weighted by atomic mass is 32.2. The average Bonchev–Trinajstić information content (AvgIpc) is 2.57. The van der Waals surface area contributed by atoms with Crippen molar-refractivity contribution in [1.29, 1.82) is 0 Å². The van der Waals surface area contributed by atoms with Gasteiger partial charge in [-0.05, 0) is 12.1 Å². The minimum Gasteiger partial charge on any atom is -0.342 e. The zero-order valence-electron chi connectivity index (χ0n) is 13.7. The van der Waals surface area contributed by atoms with Gasteiger partial charge in [-0.15, -0.1) is 0 Å². The average molecular weight is 375 g/mol. The van der Waals surface area contributed by atoms with Crippen LogP contribution in [0.5, 0.6) is 0 Å². The molecule has 0 bridgehead atoms. The van der Waals surface area contributed by atoms with Crippen molar-refractivity contribution >= 4 is 28.0 Å². The van der Waals surface area contributed by atoms with E-state index in [0.29, 0.717) is 26.2 Å². The van der Waals surface area contributed by atoms with E-state index in [1.165, 1.54) is 0 Å². The fraction of sp³-hybridized carbons (Fsp3) is 0.467. The fourth-order valence-corrected chi connectivity index (χ4v) is 3.48. The van der Waals surface area contributed by atoms with E-state index in [2.05, 4.69) is 0 Å². The smallest absolute Gasteiger partial charge is 0.232 e. The molecule has 2 rings (SSSR count). The van der Waals surface area contributed by atoms with E-state index >= 15 is 0 Å². The van der Waals surface area contributed by atoms with Gasteiger partial charge in [-0.25, -0.2) is 17.2 Å². The second kappa shape index (κ2) is 7.77. The quantitative estimate of drug-likeness (QED) is 0.676. The number of benzene rings is 1. The fourth-order valence-electron chi connectivity index (χ4n) is 2.56. The Morgan fingerprint density at radius 2 is 1.84 bits per heavy atom. The molecule has 0 unspecified atom stereocenters. The molecule has 1 heterocycles. The third-order valence-electron chi connectivity index (χ3n) is 3.94. The summed E-state index contributed by atoms with van der Waals surface area (Å²) in [6.07, 6.45) is 1.55. The van der Waals surface area contributed by atoms with Crippen LogP contribution in [-0.4, -0.2) is 69.5 Å². The summed E-state index contributed by atoms with van der Waals surface area (Å²) in [5.74, 6) is -2.51. The lowest BCUT2D eigenvalue weighted by molar-refractivity contribution is -0.134. The maximum atomic E-state index is 13.4. The summed E-state index contributed by atoms with van der Waals surface area (Å²) in [7, 11) is -3.77. The first-order valence-corrected chi connectivity index (χ1v) is 9.47. The molecule has 0 spiro atoms. The number of rotatable bonds is 6. The molecule has 0 saturated carbocycles. The van der Waals surface area contributed by atoms with Gasteiger partial charge >= 0.3 is 0 Å². The number of piperazine rings is 1. The Kier molecular flexibility index (Phi) is 5.93. The predicted octanol–water partition coefficient (Wildman–Crippen LogP) is 0.422. The predicted molar refractivity (Wildman–Crippen MR) is 87.4 cm³/mol. The van der Waals surface area contributed by atoms with E-state index in [1.54, 1.807) is 9.80 Å². The molecule has 7 nitrogen and oxygen atoms in total. The lowest BCUT2D eigenvalue weighted by atomic mass is 10.2. The number of carbonyl (C=O) groups excluding carboxylic acids is 2. The molecule has 138 valence electrons. The standard InChI is InChI=1S/C15H19F2N3O4S/c1-25(23,24)20(12-2-3-13(16)14(17)10-12)5-4-15(22)19-8-6-18(11-21)7-9-19/h2-3,10-11H,4-9H2,1H3. The minimum absolute atomic E-state index is 0.0417. The van der Waals surface area contributed by atoms with Crippen LogP contribution in [0.25, 0.3) is 0 Å². The van der Waals surface area contributed by atoms with Crippen molar-refractivity contribution in [2.45, 2.75) is 6.42 Å². The second-order valence-corrected chi connectivity index (χ2v) is 7.61. The number of halogens is 2. The van der Waals surface area contributed by atoms with Gasteiger partial charge in [0.1, 0.15) is 0 Å². The largest absolute Gasteiger partial charge is 0.342 e. The van der Waals surface area contributed by atoms with Crippen molar-refractivity contribution in [2.24, 2.45) is 0 Å². The first-order valence-electron chi connectivity index (χ1n) is 7.62. The van der Waals surface area contributed by atoms with Crippen molar-refractivity contribution in [1.82, 2.24) is 9.80 Å². The number of hydrogen-bond donors (Lipinski definition) is 0. The molecule has 0 atom stereocenters. The second-order valence-electron chi connectivity index (χ2n) is 5.71. The highest BCUT2D eigenvalue weighted by molar-refractivity contribution is 7.92. The number of nitrogens with zero attached hydrogens (tertiary/aromatic N) is 3. The molecule has 1 aliphatic heterocycles. The van der Waals surface area contributed by atoms with E-state index in [-0.39, 0.29) is 24.6 Å². The SMILES string of the molecule is CS(=O)(=O)N(CCC(=O)N1CCN(C=O)CC1)c1ccc(F)c(F)c1. The van der Waals surface area contributed by atoms with E-state index in [1.807, 2.05) is 0 Å². The molecular formula is C15H19F2N3O4S. The topological polar surface area (TPSA) is 78.0 Å². The van der Waals surface area contributed by atoms with Gasteiger partial charge in [0.05, 0.1) is 11.9 Å². The maximum absolute atomic E-state index is 13.4. The number of carbonyl (C=O) groups is 2. The summed E-state index contributed by atoms with van der Waals surface area (Å²) < 4.78 is 51.2. The normalized spacial score (nSPS) is 15.2. The number of sulfonamides is 1. The molecule has 1 aromatic carbocycles. The molecule has 10 heteroatoms. The van der Waals surface area contributed by atoms with Crippen LogP contribution >= 0.6 is 0 Å². The summed E-state index contributed by atoms with van der Waals surface area (Å²) in [4.78, 5) is 26.0. The van der Waals surface area contributed by atoms with Crippen LogP contribution < -0.4 is 4.31 Å². The number of amides is 2. The van der Waals surface area contributed by atoms with Gasteiger partial charge in [-0.3, -0.25) is 13.9 Å². The van der Waals surface area contributed by atoms with Crippen LogP contribution in [0, 0.1) is 11.6 Å². The van der Waals surface area contributed by atoms with Gasteiger partial charge < -0.3 is 9.80 Å². The van der Waals surface area contributed by atoms with Crippen LogP contribution in [0.1, 0.15) is 6.42 Å². The summed E-state index contributed by atoms with van der Waals surface area (Å²) in [5, 5.41) is 0. The Balaban J connectivity index is 2.04. The molecule has 2 amide bonds. The summed E-state index contributed by atoms with van der Waals surface area (Å²) in [6.45, 7) is 1.42. The Hall–Kier alpha value is -2.23. The van der Waals surface area contributed by atoms with E-state index < -0.39 is 21.7 Å². The van der Waals surface area contributed by atoms with Crippen LogP contribution in [-0.2, 0) is 19.6 Å². The monoisotopic (exact) mass is 375 g/mol. The highest BCUT2D eigenvalue weighted by Crippen LogP contribution is 2.21. The third kappa shape index (κ3) is 4.88. The van der Waals surface area contributed by atoms with Crippen molar-refractivity contribution in [3.8, 4) is 0 Å². The van der Waals surface area contributed by atoms with E-state index in [0.717, 1.165) is 35.2 Å². The first kappa shape index (κ1) is 19.1. The summed E-state index contributed by atoms with van der Waals surface area (Å²) >= 11 is 0. The zero-order valence-corrected chi connectivity index (χ0v) is 14.5. The molecule has 1 aromatic rings. The summed E-state index contributed by atoms with van der Waals surface area (Å²) in [6, 6.07) is 2.76. The van der Waals surface area contributed by atoms with Crippen molar-refractivity contribution in [2.75, 3.05) is 43.3 Å². The number of hydrogen-bond acceptors (Lipinski definition) is 4. The Morgan fingerprint density at radius 1 is 1.20 bits per heavy atom. The molecule has 1 aliphatic rings. The van der Waals surface area contributed by atoms with Crippen LogP contribution in [0.2, 0.25) is 0 Å². The summed E-state index contributed by atoms with van der Waals surface area (Å²) in [5.41, 5.74) is -0.0417. The van der Waals surface area contributed by atoms with Crippen molar-refractivity contribution in [3.63, 3.8) is 0 Å². The van der Waals surface area contributed by atoms with Crippen LogP contribution in [0.4, 0.5) is 14.5 Å². The lowest BCUT2D eigenvalue weighted by Gasteiger charge is -2.33. The molecule has 0 aliphatic carbocycles. The molecule has 0 N–H and O–H groups in total. The highest BCUT2D eigenvalue weighted by Gasteiger charge is 2.24. The Bertz CT molecular complexity index is 749.